The van der Waals surface area contributed by atoms with Gasteiger partial charge in [-0.15, -0.1) is 0 Å². The van der Waals surface area contributed by atoms with Crippen LogP contribution in [0.3, 0.4) is 0 Å². The van der Waals surface area contributed by atoms with Gasteiger partial charge in [0.15, 0.2) is 0 Å². The van der Waals surface area contributed by atoms with Gasteiger partial charge >= 0.3 is 0 Å². The van der Waals surface area contributed by atoms with Crippen molar-refractivity contribution in [2.24, 2.45) is 4.99 Å². The average molecular weight is 166 g/mol. The second kappa shape index (κ2) is 5.58. The summed E-state index contributed by atoms with van der Waals surface area (Å²) in [6.07, 6.45) is 2.93. The summed E-state index contributed by atoms with van der Waals surface area (Å²) in [4.78, 5) is 4.22. The van der Waals surface area contributed by atoms with E-state index in [1.165, 1.54) is 5.57 Å². The predicted octanol–water partition coefficient (Wildman–Crippen LogP) is 2.84. The number of nitrogens with zero attached hydrogens (tertiary/aromatic N) is 1. The molecule has 0 aliphatic heterocycles. The Balaban J connectivity index is 4.08. The maximum atomic E-state index is 4.22. The fourth-order valence-corrected chi connectivity index (χ4v) is 0.639. The van der Waals surface area contributed by atoms with Crippen LogP contribution in [0.1, 0.15) is 34.1 Å². The predicted molar refractivity (Wildman–Crippen MR) is 55.1 cm³/mol. The molecule has 0 aromatic heterocycles. The lowest BCUT2D eigenvalue weighted by molar-refractivity contribution is 1.07. The number of aliphatic imine (C=N–C) groups is 1. The van der Waals surface area contributed by atoms with Crippen LogP contribution in [0.15, 0.2) is 29.0 Å². The third-order valence-corrected chi connectivity index (χ3v) is 1.43. The molecule has 0 spiro atoms. The standard InChI is InChI=1S/C10H18N2/c1-6-9(4)7-11-10(5)12-8(2)3/h7H,2,6H2,1,3-5H3,(H,11,12)/b9-7+. The molecule has 12 heavy (non-hydrogen) atoms. The molecular weight excluding hydrogens is 148 g/mol. The zero-order chi connectivity index (χ0) is 9.56. The van der Waals surface area contributed by atoms with Crippen molar-refractivity contribution >= 4 is 5.84 Å². The Bertz CT molecular complexity index is 212. The van der Waals surface area contributed by atoms with E-state index in [1.807, 2.05) is 20.0 Å². The van der Waals surface area contributed by atoms with Crippen molar-refractivity contribution in [1.29, 1.82) is 0 Å². The van der Waals surface area contributed by atoms with Crippen molar-refractivity contribution in [3.8, 4) is 0 Å². The highest BCUT2D eigenvalue weighted by Gasteiger charge is 1.87. The highest BCUT2D eigenvalue weighted by Crippen LogP contribution is 1.97. The topological polar surface area (TPSA) is 24.4 Å². The molecule has 0 bridgehead atoms. The molecule has 0 aliphatic carbocycles. The van der Waals surface area contributed by atoms with Crippen LogP contribution in [0, 0.1) is 0 Å². The van der Waals surface area contributed by atoms with Crippen LogP contribution < -0.4 is 5.32 Å². The minimum Gasteiger partial charge on any atom is -0.348 e. The van der Waals surface area contributed by atoms with E-state index in [2.05, 4.69) is 30.7 Å². The van der Waals surface area contributed by atoms with Crippen molar-refractivity contribution in [1.82, 2.24) is 5.32 Å². The second-order valence-corrected chi connectivity index (χ2v) is 2.95. The van der Waals surface area contributed by atoms with Crippen molar-refractivity contribution in [2.45, 2.75) is 34.1 Å². The maximum absolute atomic E-state index is 4.22. The van der Waals surface area contributed by atoms with Gasteiger partial charge in [-0.2, -0.15) is 0 Å². The first-order valence-corrected chi connectivity index (χ1v) is 4.18. The minimum atomic E-state index is 0.885. The summed E-state index contributed by atoms with van der Waals surface area (Å²) in [6, 6.07) is 0. The number of hydrogen-bond acceptors (Lipinski definition) is 1. The van der Waals surface area contributed by atoms with Gasteiger partial charge in [-0.25, -0.2) is 4.99 Å². The zero-order valence-electron chi connectivity index (χ0n) is 8.44. The fourth-order valence-electron chi connectivity index (χ4n) is 0.639. The Morgan fingerprint density at radius 2 is 2.00 bits per heavy atom. The lowest BCUT2D eigenvalue weighted by Crippen LogP contribution is -2.16. The van der Waals surface area contributed by atoms with E-state index in [4.69, 9.17) is 0 Å². The number of rotatable bonds is 3. The summed E-state index contributed by atoms with van der Waals surface area (Å²) in [6.45, 7) is 11.7. The highest BCUT2D eigenvalue weighted by atomic mass is 15.0. The molecule has 0 aliphatic rings. The molecule has 0 heterocycles. The fraction of sp³-hybridized carbons (Fsp3) is 0.500. The van der Waals surface area contributed by atoms with E-state index >= 15 is 0 Å². The minimum absolute atomic E-state index is 0.885. The van der Waals surface area contributed by atoms with E-state index in [0.717, 1.165) is 18.0 Å². The molecule has 0 unspecified atom stereocenters. The lowest BCUT2D eigenvalue weighted by Gasteiger charge is -2.01. The van der Waals surface area contributed by atoms with Gasteiger partial charge in [0.05, 0.1) is 0 Å². The Morgan fingerprint density at radius 1 is 1.42 bits per heavy atom. The quantitative estimate of drug-likeness (QED) is 0.506. The molecule has 0 radical (unpaired) electrons. The van der Waals surface area contributed by atoms with E-state index in [0.29, 0.717) is 0 Å². The SMILES string of the molecule is C=C(C)NC(C)=N/C=C(\C)CC. The van der Waals surface area contributed by atoms with Crippen molar-refractivity contribution in [2.75, 3.05) is 0 Å². The number of allylic oxidation sites excluding steroid dienone is 2. The zero-order valence-corrected chi connectivity index (χ0v) is 8.44. The molecule has 0 amide bonds. The Morgan fingerprint density at radius 3 is 2.42 bits per heavy atom. The van der Waals surface area contributed by atoms with Gasteiger partial charge < -0.3 is 5.32 Å². The molecule has 0 saturated heterocycles. The molecule has 2 heteroatoms. The molecule has 0 atom stereocenters. The molecule has 0 saturated carbocycles. The molecule has 0 aromatic carbocycles. The Hall–Kier alpha value is -1.05. The molecule has 2 nitrogen and oxygen atoms in total. The van der Waals surface area contributed by atoms with Crippen LogP contribution in [0.25, 0.3) is 0 Å². The van der Waals surface area contributed by atoms with Gasteiger partial charge in [0.25, 0.3) is 0 Å². The van der Waals surface area contributed by atoms with Crippen molar-refractivity contribution < 1.29 is 0 Å². The van der Waals surface area contributed by atoms with Crippen molar-refractivity contribution in [3.63, 3.8) is 0 Å². The first-order chi connectivity index (χ1) is 5.56. The largest absolute Gasteiger partial charge is 0.348 e. The number of amidine groups is 1. The Kier molecular flexibility index (Phi) is 5.09. The van der Waals surface area contributed by atoms with E-state index in [-0.39, 0.29) is 0 Å². The average Bonchev–Trinajstić information content (AvgIpc) is 1.99. The summed E-state index contributed by atoms with van der Waals surface area (Å²) in [7, 11) is 0. The van der Waals surface area contributed by atoms with Crippen LogP contribution in [0.2, 0.25) is 0 Å². The maximum Gasteiger partial charge on any atom is 0.102 e. The summed E-state index contributed by atoms with van der Waals surface area (Å²) in [5, 5.41) is 3.03. The first kappa shape index (κ1) is 11.0. The summed E-state index contributed by atoms with van der Waals surface area (Å²) < 4.78 is 0. The first-order valence-electron chi connectivity index (χ1n) is 4.18. The van der Waals surface area contributed by atoms with Crippen molar-refractivity contribution in [3.05, 3.63) is 24.0 Å². The van der Waals surface area contributed by atoms with Crippen LogP contribution in [0.5, 0.6) is 0 Å². The Labute approximate surface area is 75.1 Å². The lowest BCUT2D eigenvalue weighted by atomic mass is 10.3. The summed E-state index contributed by atoms with van der Waals surface area (Å²) >= 11 is 0. The van der Waals surface area contributed by atoms with Gasteiger partial charge in [-0.05, 0) is 27.2 Å². The molecular formula is C10H18N2. The molecule has 0 aromatic rings. The summed E-state index contributed by atoms with van der Waals surface area (Å²) in [5.74, 6) is 0.885. The normalized spacial score (nSPS) is 13.0. The van der Waals surface area contributed by atoms with Gasteiger partial charge in [-0.3, -0.25) is 0 Å². The monoisotopic (exact) mass is 166 g/mol. The summed E-state index contributed by atoms with van der Waals surface area (Å²) in [5.41, 5.74) is 2.19. The van der Waals surface area contributed by atoms with E-state index < -0.39 is 0 Å². The molecule has 1 N–H and O–H groups in total. The highest BCUT2D eigenvalue weighted by molar-refractivity contribution is 5.81. The van der Waals surface area contributed by atoms with Crippen LogP contribution in [-0.4, -0.2) is 5.84 Å². The van der Waals surface area contributed by atoms with Gasteiger partial charge in [0.1, 0.15) is 5.84 Å². The van der Waals surface area contributed by atoms with Crippen LogP contribution in [0.4, 0.5) is 0 Å². The van der Waals surface area contributed by atoms with Crippen LogP contribution >= 0.6 is 0 Å². The smallest absolute Gasteiger partial charge is 0.102 e. The van der Waals surface area contributed by atoms with E-state index in [1.54, 1.807) is 0 Å². The molecule has 68 valence electrons. The third kappa shape index (κ3) is 5.71. The second-order valence-electron chi connectivity index (χ2n) is 2.95. The molecule has 0 fully saturated rings. The van der Waals surface area contributed by atoms with Gasteiger partial charge in [0.2, 0.25) is 0 Å². The van der Waals surface area contributed by atoms with E-state index in [9.17, 15) is 0 Å². The van der Waals surface area contributed by atoms with Gasteiger partial charge in [-0.1, -0.05) is 19.1 Å². The van der Waals surface area contributed by atoms with Gasteiger partial charge in [0, 0.05) is 11.9 Å². The third-order valence-electron chi connectivity index (χ3n) is 1.43. The number of hydrogen-bond donors (Lipinski definition) is 1. The van der Waals surface area contributed by atoms with Crippen LogP contribution in [-0.2, 0) is 0 Å². The number of nitrogens with one attached hydrogen (secondary N) is 1. The molecule has 0 rings (SSSR count).